The van der Waals surface area contributed by atoms with Crippen molar-refractivity contribution in [3.05, 3.63) is 53.1 Å². The summed E-state index contributed by atoms with van der Waals surface area (Å²) in [5.41, 5.74) is 1.39. The highest BCUT2D eigenvalue weighted by molar-refractivity contribution is 5.81. The number of H-pyrrole nitrogens is 2. The van der Waals surface area contributed by atoms with E-state index in [9.17, 15) is 4.79 Å². The molecule has 0 amide bonds. The summed E-state index contributed by atoms with van der Waals surface area (Å²) < 4.78 is 0. The molecular weight excluding hydrogens is 202 g/mol. The first-order valence-electron chi connectivity index (χ1n) is 4.96. The van der Waals surface area contributed by atoms with Gasteiger partial charge in [-0.25, -0.2) is 4.98 Å². The normalized spacial score (nSPS) is 10.8. The molecule has 2 heterocycles. The van der Waals surface area contributed by atoms with Crippen molar-refractivity contribution in [3.63, 3.8) is 0 Å². The zero-order chi connectivity index (χ0) is 11.0. The van der Waals surface area contributed by atoms with Crippen LogP contribution in [-0.4, -0.2) is 15.0 Å². The van der Waals surface area contributed by atoms with Crippen molar-refractivity contribution in [2.24, 2.45) is 0 Å². The molecule has 0 atom stereocenters. The lowest BCUT2D eigenvalue weighted by atomic mass is 10.1. The van der Waals surface area contributed by atoms with Gasteiger partial charge in [-0.05, 0) is 12.1 Å². The minimum absolute atomic E-state index is 0.00991. The van der Waals surface area contributed by atoms with E-state index in [-0.39, 0.29) is 5.43 Å². The molecule has 0 aliphatic heterocycles. The van der Waals surface area contributed by atoms with Crippen LogP contribution in [0.3, 0.4) is 0 Å². The van der Waals surface area contributed by atoms with E-state index in [0.29, 0.717) is 16.8 Å². The maximum atomic E-state index is 12.1. The fourth-order valence-electron chi connectivity index (χ4n) is 1.76. The quantitative estimate of drug-likeness (QED) is 0.646. The molecule has 0 aliphatic carbocycles. The smallest absolute Gasteiger partial charge is 0.200 e. The summed E-state index contributed by atoms with van der Waals surface area (Å²) >= 11 is 0. The highest BCUT2D eigenvalue weighted by atomic mass is 16.1. The zero-order valence-electron chi connectivity index (χ0n) is 8.40. The number of pyridine rings is 1. The number of nitrogens with one attached hydrogen (secondary N) is 2. The predicted molar refractivity (Wildman–Crippen MR) is 62.2 cm³/mol. The molecule has 0 aliphatic rings. The van der Waals surface area contributed by atoms with Crippen molar-refractivity contribution in [2.45, 2.75) is 0 Å². The molecule has 16 heavy (non-hydrogen) atoms. The number of aromatic nitrogens is 3. The average Bonchev–Trinajstić information content (AvgIpc) is 2.83. The molecule has 4 nitrogen and oxygen atoms in total. The Labute approximate surface area is 91.0 Å². The van der Waals surface area contributed by atoms with Crippen LogP contribution >= 0.6 is 0 Å². The fourth-order valence-corrected chi connectivity index (χ4v) is 1.76. The zero-order valence-corrected chi connectivity index (χ0v) is 8.40. The summed E-state index contributed by atoms with van der Waals surface area (Å²) in [6, 6.07) is 7.43. The molecule has 4 heteroatoms. The first kappa shape index (κ1) is 8.91. The predicted octanol–water partition coefficient (Wildman–Crippen LogP) is 1.92. The van der Waals surface area contributed by atoms with Crippen molar-refractivity contribution in [1.29, 1.82) is 0 Å². The van der Waals surface area contributed by atoms with Crippen LogP contribution in [-0.2, 0) is 0 Å². The Bertz CT molecular complexity index is 683. The van der Waals surface area contributed by atoms with Gasteiger partial charge in [0.05, 0.1) is 5.56 Å². The second-order valence-corrected chi connectivity index (χ2v) is 3.51. The lowest BCUT2D eigenvalue weighted by molar-refractivity contribution is 1.27. The average molecular weight is 211 g/mol. The third-order valence-corrected chi connectivity index (χ3v) is 2.54. The van der Waals surface area contributed by atoms with Crippen molar-refractivity contribution >= 4 is 10.9 Å². The van der Waals surface area contributed by atoms with Crippen LogP contribution in [0.1, 0.15) is 0 Å². The summed E-state index contributed by atoms with van der Waals surface area (Å²) in [4.78, 5) is 22.2. The van der Waals surface area contributed by atoms with Crippen LogP contribution in [0.15, 0.2) is 47.7 Å². The molecule has 2 aromatic heterocycles. The molecule has 0 spiro atoms. The second kappa shape index (κ2) is 3.34. The van der Waals surface area contributed by atoms with Gasteiger partial charge in [0.15, 0.2) is 5.43 Å². The third-order valence-electron chi connectivity index (χ3n) is 2.54. The first-order chi connectivity index (χ1) is 7.86. The van der Waals surface area contributed by atoms with Gasteiger partial charge in [0.25, 0.3) is 0 Å². The van der Waals surface area contributed by atoms with Gasteiger partial charge in [0, 0.05) is 29.5 Å². The molecule has 2 N–H and O–H groups in total. The highest BCUT2D eigenvalue weighted by Crippen LogP contribution is 2.13. The molecule has 0 unspecified atom stereocenters. The van der Waals surface area contributed by atoms with E-state index in [2.05, 4.69) is 15.0 Å². The first-order valence-corrected chi connectivity index (χ1v) is 4.96. The molecule has 0 saturated carbocycles. The third kappa shape index (κ3) is 1.24. The highest BCUT2D eigenvalue weighted by Gasteiger charge is 2.07. The van der Waals surface area contributed by atoms with Gasteiger partial charge >= 0.3 is 0 Å². The molecule has 3 rings (SSSR count). The van der Waals surface area contributed by atoms with Crippen LogP contribution in [0.25, 0.3) is 22.3 Å². The summed E-state index contributed by atoms with van der Waals surface area (Å²) in [6.07, 6.45) is 5.01. The van der Waals surface area contributed by atoms with E-state index in [1.54, 1.807) is 24.7 Å². The summed E-state index contributed by atoms with van der Waals surface area (Å²) in [7, 11) is 0. The van der Waals surface area contributed by atoms with Crippen molar-refractivity contribution in [2.75, 3.05) is 0 Å². The van der Waals surface area contributed by atoms with Crippen LogP contribution < -0.4 is 5.43 Å². The number of hydrogen-bond donors (Lipinski definition) is 2. The Kier molecular flexibility index (Phi) is 1.86. The maximum Gasteiger partial charge on any atom is 0.200 e. The minimum atomic E-state index is -0.00991. The van der Waals surface area contributed by atoms with E-state index in [4.69, 9.17) is 0 Å². The number of imidazole rings is 1. The topological polar surface area (TPSA) is 61.5 Å². The van der Waals surface area contributed by atoms with Gasteiger partial charge in [-0.1, -0.05) is 12.1 Å². The Morgan fingerprint density at radius 2 is 2.00 bits per heavy atom. The Balaban J connectivity index is 2.37. The van der Waals surface area contributed by atoms with Gasteiger partial charge in [-0.3, -0.25) is 4.79 Å². The van der Waals surface area contributed by atoms with E-state index in [0.717, 1.165) is 5.52 Å². The van der Waals surface area contributed by atoms with Crippen molar-refractivity contribution < 1.29 is 0 Å². The Morgan fingerprint density at radius 1 is 1.12 bits per heavy atom. The fraction of sp³-hybridized carbons (Fsp3) is 0. The molecule has 0 saturated heterocycles. The minimum Gasteiger partial charge on any atom is -0.360 e. The number of rotatable bonds is 1. The van der Waals surface area contributed by atoms with Crippen LogP contribution in [0.2, 0.25) is 0 Å². The SMILES string of the molecule is O=c1c(-c2ncc[nH]2)c[nH]c2ccccc12. The second-order valence-electron chi connectivity index (χ2n) is 3.51. The molecule has 0 fully saturated rings. The standard InChI is InChI=1S/C12H9N3O/c16-11-8-3-1-2-4-10(8)15-7-9(11)12-13-5-6-14-12/h1-7H,(H,13,14)(H,15,16). The van der Waals surface area contributed by atoms with Crippen molar-refractivity contribution in [1.82, 2.24) is 15.0 Å². The number of hydrogen-bond acceptors (Lipinski definition) is 2. The number of para-hydroxylation sites is 1. The van der Waals surface area contributed by atoms with E-state index in [1.807, 2.05) is 18.2 Å². The lowest BCUT2D eigenvalue weighted by Crippen LogP contribution is -2.06. The molecule has 1 aromatic carbocycles. The number of aromatic amines is 2. The maximum absolute atomic E-state index is 12.1. The van der Waals surface area contributed by atoms with Crippen LogP contribution in [0.4, 0.5) is 0 Å². The molecule has 0 radical (unpaired) electrons. The summed E-state index contributed by atoms with van der Waals surface area (Å²) in [5.74, 6) is 0.590. The van der Waals surface area contributed by atoms with Gasteiger partial charge < -0.3 is 9.97 Å². The summed E-state index contributed by atoms with van der Waals surface area (Å²) in [6.45, 7) is 0. The van der Waals surface area contributed by atoms with Gasteiger partial charge in [-0.15, -0.1) is 0 Å². The van der Waals surface area contributed by atoms with Gasteiger partial charge in [0.1, 0.15) is 5.82 Å². The molecule has 3 aromatic rings. The molecule has 0 bridgehead atoms. The largest absolute Gasteiger partial charge is 0.360 e. The van der Waals surface area contributed by atoms with Gasteiger partial charge in [0.2, 0.25) is 0 Å². The molecular formula is C12H9N3O. The van der Waals surface area contributed by atoms with Crippen molar-refractivity contribution in [3.8, 4) is 11.4 Å². The van der Waals surface area contributed by atoms with Gasteiger partial charge in [-0.2, -0.15) is 0 Å². The molecule has 78 valence electrons. The number of fused-ring (bicyclic) bond motifs is 1. The van der Waals surface area contributed by atoms with Crippen LogP contribution in [0, 0.1) is 0 Å². The van der Waals surface area contributed by atoms with E-state index in [1.165, 1.54) is 0 Å². The Hall–Kier alpha value is -2.36. The number of benzene rings is 1. The van der Waals surface area contributed by atoms with Crippen LogP contribution in [0.5, 0.6) is 0 Å². The monoisotopic (exact) mass is 211 g/mol. The number of nitrogens with zero attached hydrogens (tertiary/aromatic N) is 1. The summed E-state index contributed by atoms with van der Waals surface area (Å²) in [5, 5.41) is 0.677. The van der Waals surface area contributed by atoms with E-state index >= 15 is 0 Å². The van der Waals surface area contributed by atoms with E-state index < -0.39 is 0 Å². The lowest BCUT2D eigenvalue weighted by Gasteiger charge is -2.00. The Morgan fingerprint density at radius 3 is 2.81 bits per heavy atom.